The Hall–Kier alpha value is -2.05. The molecule has 1 aliphatic heterocycles. The van der Waals surface area contributed by atoms with Crippen molar-refractivity contribution in [1.29, 1.82) is 0 Å². The second kappa shape index (κ2) is 5.75. The third-order valence-corrected chi connectivity index (χ3v) is 3.57. The first-order chi connectivity index (χ1) is 9.80. The largest absolute Gasteiger partial charge is 0.416 e. The van der Waals surface area contributed by atoms with Crippen molar-refractivity contribution in [2.75, 3.05) is 6.54 Å². The van der Waals surface area contributed by atoms with Crippen LogP contribution in [0.5, 0.6) is 0 Å². The van der Waals surface area contributed by atoms with E-state index in [4.69, 9.17) is 5.73 Å². The summed E-state index contributed by atoms with van der Waals surface area (Å²) in [5.74, 6) is -1.13. The summed E-state index contributed by atoms with van der Waals surface area (Å²) in [7, 11) is 0. The van der Waals surface area contributed by atoms with Crippen molar-refractivity contribution in [2.24, 2.45) is 5.73 Å². The van der Waals surface area contributed by atoms with Gasteiger partial charge in [0.2, 0.25) is 11.8 Å². The normalized spacial score (nSPS) is 18.8. The highest BCUT2D eigenvalue weighted by molar-refractivity contribution is 5.88. The molecule has 1 saturated heterocycles. The fraction of sp³-hybridized carbons (Fsp3) is 0.429. The van der Waals surface area contributed by atoms with Crippen molar-refractivity contribution in [3.05, 3.63) is 35.4 Å². The number of benzene rings is 1. The Morgan fingerprint density at radius 3 is 2.57 bits per heavy atom. The van der Waals surface area contributed by atoms with E-state index in [1.807, 2.05) is 0 Å². The maximum Gasteiger partial charge on any atom is 0.416 e. The Morgan fingerprint density at radius 2 is 1.95 bits per heavy atom. The molecule has 0 aliphatic carbocycles. The molecular weight excluding hydrogens is 285 g/mol. The van der Waals surface area contributed by atoms with Gasteiger partial charge in [0.05, 0.1) is 12.0 Å². The number of alkyl halides is 3. The Bertz CT molecular complexity index is 557. The van der Waals surface area contributed by atoms with Gasteiger partial charge in [-0.15, -0.1) is 0 Å². The van der Waals surface area contributed by atoms with Crippen molar-refractivity contribution in [3.63, 3.8) is 0 Å². The van der Waals surface area contributed by atoms with E-state index in [9.17, 15) is 22.8 Å². The topological polar surface area (TPSA) is 63.4 Å². The van der Waals surface area contributed by atoms with Crippen LogP contribution in [0.2, 0.25) is 0 Å². The number of hydrogen-bond donors (Lipinski definition) is 1. The van der Waals surface area contributed by atoms with Crippen molar-refractivity contribution in [1.82, 2.24) is 4.90 Å². The standard InChI is InChI=1S/C14H15F3N2O2/c15-14(16,17)10-5-2-1-4-9(10)8-12(20)19-7-3-6-11(19)13(18)21/h1-2,4-5,11H,3,6-8H2,(H2,18,21)/t11-/m1/s1. The lowest BCUT2D eigenvalue weighted by atomic mass is 10.0. The molecule has 1 heterocycles. The van der Waals surface area contributed by atoms with E-state index in [0.29, 0.717) is 19.4 Å². The van der Waals surface area contributed by atoms with Crippen molar-refractivity contribution < 1.29 is 22.8 Å². The Morgan fingerprint density at radius 1 is 1.29 bits per heavy atom. The molecule has 1 atom stereocenters. The molecule has 2 amide bonds. The summed E-state index contributed by atoms with van der Waals surface area (Å²) in [5, 5.41) is 0. The van der Waals surface area contributed by atoms with Gasteiger partial charge in [-0.2, -0.15) is 13.2 Å². The molecule has 1 fully saturated rings. The molecule has 0 unspecified atom stereocenters. The zero-order valence-corrected chi connectivity index (χ0v) is 11.2. The minimum absolute atomic E-state index is 0.0925. The molecule has 0 radical (unpaired) electrons. The van der Waals surface area contributed by atoms with Crippen molar-refractivity contribution in [3.8, 4) is 0 Å². The minimum atomic E-state index is -4.51. The first-order valence-electron chi connectivity index (χ1n) is 6.54. The summed E-state index contributed by atoms with van der Waals surface area (Å²) in [4.78, 5) is 24.7. The number of carbonyl (C=O) groups is 2. The van der Waals surface area contributed by atoms with E-state index < -0.39 is 29.6 Å². The lowest BCUT2D eigenvalue weighted by molar-refractivity contribution is -0.140. The van der Waals surface area contributed by atoms with Crippen LogP contribution in [-0.2, 0) is 22.2 Å². The van der Waals surface area contributed by atoms with E-state index in [1.165, 1.54) is 23.1 Å². The minimum Gasteiger partial charge on any atom is -0.368 e. The molecule has 2 rings (SSSR count). The first-order valence-corrected chi connectivity index (χ1v) is 6.54. The lowest BCUT2D eigenvalue weighted by Crippen LogP contribution is -2.44. The molecule has 1 aliphatic rings. The van der Waals surface area contributed by atoms with Crippen LogP contribution in [0.3, 0.4) is 0 Å². The number of likely N-dealkylation sites (tertiary alicyclic amines) is 1. The molecule has 114 valence electrons. The number of rotatable bonds is 3. The average molecular weight is 300 g/mol. The second-order valence-corrected chi connectivity index (χ2v) is 4.98. The highest BCUT2D eigenvalue weighted by Crippen LogP contribution is 2.32. The van der Waals surface area contributed by atoms with Gasteiger partial charge < -0.3 is 10.6 Å². The number of carbonyl (C=O) groups excluding carboxylic acids is 2. The number of hydrogen-bond acceptors (Lipinski definition) is 2. The summed E-state index contributed by atoms with van der Waals surface area (Å²) < 4.78 is 38.6. The van der Waals surface area contributed by atoms with Crippen molar-refractivity contribution in [2.45, 2.75) is 31.5 Å². The smallest absolute Gasteiger partial charge is 0.368 e. The van der Waals surface area contributed by atoms with E-state index in [2.05, 4.69) is 0 Å². The third-order valence-electron chi connectivity index (χ3n) is 3.57. The summed E-state index contributed by atoms with van der Waals surface area (Å²) in [6, 6.07) is 4.23. The van der Waals surface area contributed by atoms with Gasteiger partial charge in [0, 0.05) is 6.54 Å². The fourth-order valence-electron chi connectivity index (χ4n) is 2.58. The number of nitrogens with zero attached hydrogens (tertiary/aromatic N) is 1. The maximum atomic E-state index is 12.9. The Labute approximate surface area is 119 Å². The third kappa shape index (κ3) is 3.34. The Balaban J connectivity index is 2.19. The number of primary amides is 1. The molecule has 0 saturated carbocycles. The van der Waals surface area contributed by atoms with Crippen LogP contribution in [0.1, 0.15) is 24.0 Å². The molecule has 0 bridgehead atoms. The molecule has 7 heteroatoms. The van der Waals surface area contributed by atoms with Crippen LogP contribution < -0.4 is 5.73 Å². The molecule has 4 nitrogen and oxygen atoms in total. The number of halogens is 3. The molecule has 21 heavy (non-hydrogen) atoms. The zero-order chi connectivity index (χ0) is 15.6. The van der Waals surface area contributed by atoms with E-state index >= 15 is 0 Å². The summed E-state index contributed by atoms with van der Waals surface area (Å²) in [6.45, 7) is 0.348. The van der Waals surface area contributed by atoms with Crippen LogP contribution in [0.15, 0.2) is 24.3 Å². The van der Waals surface area contributed by atoms with Gasteiger partial charge in [-0.1, -0.05) is 18.2 Å². The fourth-order valence-corrected chi connectivity index (χ4v) is 2.58. The second-order valence-electron chi connectivity index (χ2n) is 4.98. The Kier molecular flexibility index (Phi) is 4.20. The summed E-state index contributed by atoms with van der Waals surface area (Å²) >= 11 is 0. The van der Waals surface area contributed by atoms with E-state index in [0.717, 1.165) is 6.07 Å². The van der Waals surface area contributed by atoms with Gasteiger partial charge in [-0.05, 0) is 24.5 Å². The zero-order valence-electron chi connectivity index (χ0n) is 11.2. The number of amides is 2. The molecule has 1 aromatic rings. The van der Waals surface area contributed by atoms with E-state index in [-0.39, 0.29) is 12.0 Å². The SMILES string of the molecule is NC(=O)[C@H]1CCCN1C(=O)Cc1ccccc1C(F)(F)F. The molecule has 2 N–H and O–H groups in total. The predicted molar refractivity (Wildman–Crippen MR) is 69.1 cm³/mol. The van der Waals surface area contributed by atoms with Gasteiger partial charge in [0.15, 0.2) is 0 Å². The van der Waals surface area contributed by atoms with Crippen LogP contribution >= 0.6 is 0 Å². The van der Waals surface area contributed by atoms with E-state index in [1.54, 1.807) is 0 Å². The summed E-state index contributed by atoms with van der Waals surface area (Å²) in [6.07, 6.45) is -3.81. The highest BCUT2D eigenvalue weighted by Gasteiger charge is 2.36. The van der Waals surface area contributed by atoms with Crippen LogP contribution in [0.25, 0.3) is 0 Å². The predicted octanol–water partition coefficient (Wildman–Crippen LogP) is 1.72. The molecule has 1 aromatic carbocycles. The van der Waals surface area contributed by atoms with Gasteiger partial charge in [0.25, 0.3) is 0 Å². The summed E-state index contributed by atoms with van der Waals surface area (Å²) in [5.41, 5.74) is 4.29. The van der Waals surface area contributed by atoms with Crippen LogP contribution in [-0.4, -0.2) is 29.3 Å². The first kappa shape index (κ1) is 15.3. The molecule has 0 spiro atoms. The quantitative estimate of drug-likeness (QED) is 0.924. The van der Waals surface area contributed by atoms with Gasteiger partial charge in [-0.25, -0.2) is 0 Å². The average Bonchev–Trinajstić information content (AvgIpc) is 2.87. The number of nitrogens with two attached hydrogens (primary N) is 1. The van der Waals surface area contributed by atoms with Gasteiger partial charge in [-0.3, -0.25) is 9.59 Å². The monoisotopic (exact) mass is 300 g/mol. The van der Waals surface area contributed by atoms with Crippen LogP contribution in [0, 0.1) is 0 Å². The maximum absolute atomic E-state index is 12.9. The van der Waals surface area contributed by atoms with Crippen molar-refractivity contribution >= 4 is 11.8 Å². The highest BCUT2D eigenvalue weighted by atomic mass is 19.4. The van der Waals surface area contributed by atoms with Gasteiger partial charge >= 0.3 is 6.18 Å². The molecule has 0 aromatic heterocycles. The lowest BCUT2D eigenvalue weighted by Gasteiger charge is -2.23. The van der Waals surface area contributed by atoms with Crippen LogP contribution in [0.4, 0.5) is 13.2 Å². The van der Waals surface area contributed by atoms with Gasteiger partial charge in [0.1, 0.15) is 6.04 Å². The molecular formula is C14H15F3N2O2.